The molecule has 5 nitrogen and oxygen atoms in total. The number of rotatable bonds is 5. The van der Waals surface area contributed by atoms with E-state index in [0.29, 0.717) is 10.6 Å². The van der Waals surface area contributed by atoms with Gasteiger partial charge < -0.3 is 10.2 Å². The Labute approximate surface area is 105 Å². The van der Waals surface area contributed by atoms with Crippen LogP contribution >= 0.6 is 11.6 Å². The van der Waals surface area contributed by atoms with E-state index in [2.05, 4.69) is 4.72 Å². The Hall–Kier alpha value is -0.660. The molecule has 1 aromatic rings. The van der Waals surface area contributed by atoms with E-state index in [1.807, 2.05) is 0 Å². The summed E-state index contributed by atoms with van der Waals surface area (Å²) in [7, 11) is -3.79. The van der Waals surface area contributed by atoms with Crippen molar-refractivity contribution in [3.63, 3.8) is 0 Å². The van der Waals surface area contributed by atoms with Crippen LogP contribution in [0.15, 0.2) is 23.1 Å². The van der Waals surface area contributed by atoms with E-state index in [-0.39, 0.29) is 4.90 Å². The van der Waals surface area contributed by atoms with Crippen LogP contribution in [0.3, 0.4) is 0 Å². The number of halogens is 1. The molecule has 0 saturated heterocycles. The zero-order valence-corrected chi connectivity index (χ0v) is 10.8. The maximum absolute atomic E-state index is 11.9. The number of sulfonamides is 1. The minimum atomic E-state index is -3.79. The smallest absolute Gasteiger partial charge is 0.241 e. The second kappa shape index (κ2) is 5.79. The van der Waals surface area contributed by atoms with E-state index < -0.39 is 29.3 Å². The zero-order valence-electron chi connectivity index (χ0n) is 9.22. The normalized spacial score (nSPS) is 12.1. The predicted molar refractivity (Wildman–Crippen MR) is 64.5 cm³/mol. The molecule has 0 unspecified atom stereocenters. The van der Waals surface area contributed by atoms with E-state index in [9.17, 15) is 8.42 Å². The average Bonchev–Trinajstić information content (AvgIpc) is 2.29. The number of aliphatic hydroxyl groups excluding tert-OH is 2. The van der Waals surface area contributed by atoms with Crippen LogP contribution in [-0.4, -0.2) is 37.9 Å². The molecule has 0 saturated carbocycles. The van der Waals surface area contributed by atoms with Crippen LogP contribution in [0.1, 0.15) is 5.56 Å². The molecular formula is C10H14ClNO4S. The Balaban J connectivity index is 3.09. The Morgan fingerprint density at radius 3 is 2.47 bits per heavy atom. The fraction of sp³-hybridized carbons (Fsp3) is 0.400. The Bertz CT molecular complexity index is 485. The lowest BCUT2D eigenvalue weighted by Gasteiger charge is -2.15. The lowest BCUT2D eigenvalue weighted by Crippen LogP contribution is -2.40. The number of hydrogen-bond donors (Lipinski definition) is 3. The van der Waals surface area contributed by atoms with Gasteiger partial charge in [0.2, 0.25) is 10.0 Å². The maximum atomic E-state index is 11.9. The van der Waals surface area contributed by atoms with Crippen LogP contribution in [0.4, 0.5) is 0 Å². The molecule has 17 heavy (non-hydrogen) atoms. The molecule has 1 rings (SSSR count). The summed E-state index contributed by atoms with van der Waals surface area (Å²) < 4.78 is 26.1. The lowest BCUT2D eigenvalue weighted by atomic mass is 10.2. The van der Waals surface area contributed by atoms with E-state index in [1.54, 1.807) is 19.1 Å². The second-order valence-corrected chi connectivity index (χ2v) is 5.71. The fourth-order valence-electron chi connectivity index (χ4n) is 1.28. The third-order valence-electron chi connectivity index (χ3n) is 2.20. The van der Waals surface area contributed by atoms with Crippen molar-refractivity contribution in [3.8, 4) is 0 Å². The highest BCUT2D eigenvalue weighted by molar-refractivity contribution is 7.89. The number of aryl methyl sites for hydroxylation is 1. The van der Waals surface area contributed by atoms with Gasteiger partial charge in [-0.3, -0.25) is 0 Å². The van der Waals surface area contributed by atoms with Gasteiger partial charge in [-0.05, 0) is 24.6 Å². The van der Waals surface area contributed by atoms with Crippen LogP contribution in [-0.2, 0) is 10.0 Å². The van der Waals surface area contributed by atoms with Crippen LogP contribution in [0.2, 0.25) is 5.02 Å². The summed E-state index contributed by atoms with van der Waals surface area (Å²) in [6.45, 7) is 0.683. The van der Waals surface area contributed by atoms with Crippen molar-refractivity contribution in [2.75, 3.05) is 13.2 Å². The summed E-state index contributed by atoms with van der Waals surface area (Å²) in [6.07, 6.45) is 0. The van der Waals surface area contributed by atoms with Gasteiger partial charge in [-0.2, -0.15) is 0 Å². The Morgan fingerprint density at radius 1 is 1.35 bits per heavy atom. The third kappa shape index (κ3) is 3.65. The first-order valence-electron chi connectivity index (χ1n) is 4.91. The van der Waals surface area contributed by atoms with Crippen molar-refractivity contribution in [1.82, 2.24) is 4.72 Å². The first kappa shape index (κ1) is 14.4. The molecule has 0 atom stereocenters. The summed E-state index contributed by atoms with van der Waals surface area (Å²) in [5, 5.41) is 18.0. The molecule has 96 valence electrons. The van der Waals surface area contributed by atoms with Gasteiger partial charge in [-0.15, -0.1) is 0 Å². The topological polar surface area (TPSA) is 86.6 Å². The molecule has 0 heterocycles. The molecule has 1 aromatic carbocycles. The van der Waals surface area contributed by atoms with E-state index in [0.717, 1.165) is 0 Å². The van der Waals surface area contributed by atoms with Crippen molar-refractivity contribution < 1.29 is 18.6 Å². The summed E-state index contributed by atoms with van der Waals surface area (Å²) in [4.78, 5) is 0.0388. The molecule has 0 bridgehead atoms. The van der Waals surface area contributed by atoms with Gasteiger partial charge in [0, 0.05) is 5.02 Å². The standard InChI is InChI=1S/C10H14ClNO4S/c1-7-2-3-8(11)4-10(7)17(15,16)12-9(5-13)6-14/h2-4,9,12-14H,5-6H2,1H3. The monoisotopic (exact) mass is 279 g/mol. The molecule has 0 spiro atoms. The minimum absolute atomic E-state index is 0.0388. The quantitative estimate of drug-likeness (QED) is 0.723. The zero-order chi connectivity index (χ0) is 13.1. The molecule has 0 radical (unpaired) electrons. The maximum Gasteiger partial charge on any atom is 0.241 e. The second-order valence-electron chi connectivity index (χ2n) is 3.59. The van der Waals surface area contributed by atoms with Gasteiger partial charge in [0.25, 0.3) is 0 Å². The molecule has 3 N–H and O–H groups in total. The van der Waals surface area contributed by atoms with Crippen LogP contribution in [0.5, 0.6) is 0 Å². The van der Waals surface area contributed by atoms with Crippen LogP contribution in [0.25, 0.3) is 0 Å². The van der Waals surface area contributed by atoms with E-state index >= 15 is 0 Å². The third-order valence-corrected chi connectivity index (χ3v) is 4.10. The van der Waals surface area contributed by atoms with Gasteiger partial charge in [0.15, 0.2) is 0 Å². The minimum Gasteiger partial charge on any atom is -0.395 e. The lowest BCUT2D eigenvalue weighted by molar-refractivity contribution is 0.185. The predicted octanol–water partition coefficient (Wildman–Crippen LogP) is 0.280. The summed E-state index contributed by atoms with van der Waals surface area (Å²) >= 11 is 5.74. The molecule has 0 amide bonds. The Morgan fingerprint density at radius 2 is 1.94 bits per heavy atom. The van der Waals surface area contributed by atoms with Gasteiger partial charge in [0.05, 0.1) is 24.2 Å². The van der Waals surface area contributed by atoms with Crippen LogP contribution in [0, 0.1) is 6.92 Å². The fourth-order valence-corrected chi connectivity index (χ4v) is 3.00. The highest BCUT2D eigenvalue weighted by Crippen LogP contribution is 2.20. The van der Waals surface area contributed by atoms with Gasteiger partial charge in [-0.1, -0.05) is 17.7 Å². The van der Waals surface area contributed by atoms with Crippen molar-refractivity contribution >= 4 is 21.6 Å². The molecule has 0 aliphatic rings. The summed E-state index contributed by atoms with van der Waals surface area (Å²) in [6, 6.07) is 3.58. The molecular weight excluding hydrogens is 266 g/mol. The van der Waals surface area contributed by atoms with Gasteiger partial charge in [0.1, 0.15) is 0 Å². The Kier molecular flexibility index (Phi) is 4.91. The SMILES string of the molecule is Cc1ccc(Cl)cc1S(=O)(=O)NC(CO)CO. The van der Waals surface area contributed by atoms with Crippen molar-refractivity contribution in [1.29, 1.82) is 0 Å². The van der Waals surface area contributed by atoms with Crippen molar-refractivity contribution in [2.24, 2.45) is 0 Å². The van der Waals surface area contributed by atoms with E-state index in [1.165, 1.54) is 6.07 Å². The molecule has 0 aliphatic carbocycles. The van der Waals surface area contributed by atoms with Crippen molar-refractivity contribution in [2.45, 2.75) is 17.9 Å². The summed E-state index contributed by atoms with van der Waals surface area (Å²) in [5.74, 6) is 0. The van der Waals surface area contributed by atoms with Gasteiger partial charge >= 0.3 is 0 Å². The largest absolute Gasteiger partial charge is 0.395 e. The molecule has 0 aromatic heterocycles. The number of hydrogen-bond acceptors (Lipinski definition) is 4. The molecule has 0 aliphatic heterocycles. The molecule has 0 fully saturated rings. The number of aliphatic hydroxyl groups is 2. The first-order chi connectivity index (χ1) is 7.90. The highest BCUT2D eigenvalue weighted by atomic mass is 35.5. The van der Waals surface area contributed by atoms with Crippen molar-refractivity contribution in [3.05, 3.63) is 28.8 Å². The highest BCUT2D eigenvalue weighted by Gasteiger charge is 2.21. The average molecular weight is 280 g/mol. The number of nitrogens with one attached hydrogen (secondary N) is 1. The number of benzene rings is 1. The summed E-state index contributed by atoms with van der Waals surface area (Å²) in [5.41, 5.74) is 0.538. The molecule has 7 heteroatoms. The van der Waals surface area contributed by atoms with E-state index in [4.69, 9.17) is 21.8 Å². The first-order valence-corrected chi connectivity index (χ1v) is 6.77. The van der Waals surface area contributed by atoms with Crippen LogP contribution < -0.4 is 4.72 Å². The van der Waals surface area contributed by atoms with Gasteiger partial charge in [-0.25, -0.2) is 13.1 Å².